The molecule has 0 fully saturated rings. The van der Waals surface area contributed by atoms with Crippen LogP contribution in [0.5, 0.6) is 0 Å². The Hall–Kier alpha value is -1.40. The summed E-state index contributed by atoms with van der Waals surface area (Å²) in [4.78, 5) is 20.7. The Morgan fingerprint density at radius 1 is 0.839 bits per heavy atom. The van der Waals surface area contributed by atoms with Crippen LogP contribution < -0.4 is 0 Å². The van der Waals surface area contributed by atoms with Crippen molar-refractivity contribution in [1.29, 1.82) is 0 Å². The molecule has 0 aliphatic rings. The van der Waals surface area contributed by atoms with Gasteiger partial charge in [-0.2, -0.15) is 0 Å². The van der Waals surface area contributed by atoms with Crippen molar-refractivity contribution in [3.8, 4) is 0 Å². The van der Waals surface area contributed by atoms with Crippen LogP contribution in [0.4, 0.5) is 0 Å². The molecule has 0 amide bonds. The van der Waals surface area contributed by atoms with Gasteiger partial charge in [-0.3, -0.25) is 4.79 Å². The molecule has 200 valence electrons. The van der Waals surface area contributed by atoms with Crippen molar-refractivity contribution in [2.24, 2.45) is 0 Å². The summed E-state index contributed by atoms with van der Waals surface area (Å²) >= 11 is 0. The zero-order valence-electron chi connectivity index (χ0n) is 16.3. The first kappa shape index (κ1) is 63.0. The van der Waals surface area contributed by atoms with Gasteiger partial charge in [-0.05, 0) is 40.0 Å². The normalized spacial score (nSPS) is 10.1. The van der Waals surface area contributed by atoms with Crippen molar-refractivity contribution < 1.29 is 28.9 Å². The van der Waals surface area contributed by atoms with Crippen LogP contribution in [0.25, 0.3) is 0 Å². The fourth-order valence-electron chi connectivity index (χ4n) is 0.752. The van der Waals surface area contributed by atoms with Crippen molar-refractivity contribution in [3.63, 3.8) is 0 Å². The third kappa shape index (κ3) is 73.4. The monoisotopic (exact) mass is 460 g/mol. The molecule has 0 saturated heterocycles. The fraction of sp³-hybridized carbons (Fsp3) is 0.840. The van der Waals surface area contributed by atoms with Crippen molar-refractivity contribution in [2.45, 2.75) is 138 Å². The average Bonchev–Trinajstić information content (AvgIpc) is 2.54. The molecule has 0 saturated carbocycles. The van der Waals surface area contributed by atoms with Crippen LogP contribution in [0.15, 0.2) is 12.7 Å². The summed E-state index contributed by atoms with van der Waals surface area (Å²) in [5.74, 6) is -0.646. The number of carbonyl (C=O) groups is 2. The molecule has 0 heterocycles. The topological polar surface area (TPSA) is 82.1 Å². The summed E-state index contributed by atoms with van der Waals surface area (Å²) in [6.45, 7) is 16.2. The van der Waals surface area contributed by atoms with E-state index < -0.39 is 5.97 Å². The van der Waals surface area contributed by atoms with Gasteiger partial charge in [-0.15, -0.1) is 0 Å². The van der Waals surface area contributed by atoms with E-state index >= 15 is 0 Å². The molecule has 1 N–H and O–H groups in total. The molecule has 0 bridgehead atoms. The second-order valence-electron chi connectivity index (χ2n) is 5.26. The average molecular weight is 461 g/mol. The molecule has 0 aromatic carbocycles. The van der Waals surface area contributed by atoms with Crippen LogP contribution in [0.2, 0.25) is 0 Å². The molecule has 0 rings (SSSR count). The summed E-state index contributed by atoms with van der Waals surface area (Å²) in [6, 6.07) is 0. The molecule has 6 heteroatoms. The van der Waals surface area contributed by atoms with Gasteiger partial charge < -0.3 is 19.3 Å². The van der Waals surface area contributed by atoms with Gasteiger partial charge in [0.05, 0.1) is 18.3 Å². The number of aliphatic hydroxyl groups is 1. The molecule has 0 radical (unpaired) electrons. The highest BCUT2D eigenvalue weighted by atomic mass is 16.7. The van der Waals surface area contributed by atoms with Crippen molar-refractivity contribution in [2.75, 3.05) is 6.79 Å². The van der Waals surface area contributed by atoms with Crippen LogP contribution in [0, 0.1) is 0 Å². The number of hydrogen-bond acceptors (Lipinski definition) is 6. The van der Waals surface area contributed by atoms with E-state index in [1.165, 1.54) is 6.92 Å². The lowest BCUT2D eigenvalue weighted by atomic mass is 10.3. The molecule has 3 atom stereocenters. The maximum atomic E-state index is 10.5. The fourth-order valence-corrected chi connectivity index (χ4v) is 0.752. The Bertz CT molecular complexity index is 317. The number of hydrogen-bond donors (Lipinski definition) is 1. The third-order valence-electron chi connectivity index (χ3n) is 2.83. The third-order valence-corrected chi connectivity index (χ3v) is 2.83. The first-order valence-electron chi connectivity index (χ1n) is 8.40. The van der Waals surface area contributed by atoms with E-state index in [0.717, 1.165) is 25.3 Å². The Balaban J connectivity index is -0.0000000252. The Labute approximate surface area is 198 Å². The predicted octanol–water partition coefficient (Wildman–Crippen LogP) is 8.07. The first-order chi connectivity index (χ1) is 11.1. The molecule has 0 aliphatic carbocycles. The zero-order valence-corrected chi connectivity index (χ0v) is 16.3. The zero-order chi connectivity index (χ0) is 19.5. The molecular formula is C25H64O6. The lowest BCUT2D eigenvalue weighted by molar-refractivity contribution is -0.154. The Kier molecular flexibility index (Phi) is 94.9. The number of esters is 2. The minimum absolute atomic E-state index is 0. The molecule has 0 aromatic rings. The molecule has 0 spiro atoms. The molecule has 3 unspecified atom stereocenters. The maximum Gasteiger partial charge on any atom is 0.332 e. The first-order valence-corrected chi connectivity index (χ1v) is 8.40. The molecular weight excluding hydrogens is 396 g/mol. The Morgan fingerprint density at radius 2 is 1.19 bits per heavy atom. The van der Waals surface area contributed by atoms with E-state index in [9.17, 15) is 9.59 Å². The van der Waals surface area contributed by atoms with E-state index in [-0.39, 0.29) is 83.1 Å². The summed E-state index contributed by atoms with van der Waals surface area (Å²) in [6.07, 6.45) is 3.86. The van der Waals surface area contributed by atoms with E-state index in [1.54, 1.807) is 6.92 Å². The summed E-state index contributed by atoms with van der Waals surface area (Å²) in [5, 5.41) is 8.36. The van der Waals surface area contributed by atoms with Crippen LogP contribution in [-0.2, 0) is 23.8 Å². The molecule has 6 nitrogen and oxygen atoms in total. The van der Waals surface area contributed by atoms with Gasteiger partial charge in [-0.1, -0.05) is 79.3 Å². The second-order valence-corrected chi connectivity index (χ2v) is 5.26. The molecule has 0 aromatic heterocycles. The summed E-state index contributed by atoms with van der Waals surface area (Å²) in [7, 11) is 0. The van der Waals surface area contributed by atoms with E-state index in [2.05, 4.69) is 11.3 Å². The van der Waals surface area contributed by atoms with Gasteiger partial charge in [0.15, 0.2) is 6.79 Å². The van der Waals surface area contributed by atoms with Gasteiger partial charge in [0, 0.05) is 13.0 Å². The van der Waals surface area contributed by atoms with Crippen LogP contribution >= 0.6 is 0 Å². The maximum absolute atomic E-state index is 10.5. The minimum Gasteiger partial charge on any atom is -0.463 e. The van der Waals surface area contributed by atoms with Gasteiger partial charge in [-0.25, -0.2) is 4.79 Å². The van der Waals surface area contributed by atoms with Gasteiger partial charge >= 0.3 is 11.9 Å². The second kappa shape index (κ2) is 46.7. The van der Waals surface area contributed by atoms with Crippen LogP contribution in [0.1, 0.15) is 120 Å². The van der Waals surface area contributed by atoms with E-state index in [4.69, 9.17) is 14.6 Å². The minimum atomic E-state index is -0.451. The van der Waals surface area contributed by atoms with E-state index in [1.807, 2.05) is 34.6 Å². The molecule has 0 aliphatic heterocycles. The van der Waals surface area contributed by atoms with Gasteiger partial charge in [0.1, 0.15) is 0 Å². The lowest BCUT2D eigenvalue weighted by Gasteiger charge is -2.09. The predicted molar refractivity (Wildman–Crippen MR) is 143 cm³/mol. The Morgan fingerprint density at radius 3 is 1.39 bits per heavy atom. The highest BCUT2D eigenvalue weighted by Crippen LogP contribution is 1.95. The quantitative estimate of drug-likeness (QED) is 0.224. The highest BCUT2D eigenvalue weighted by molar-refractivity contribution is 5.81. The standard InChI is InChI=1S/C8H14O3.C6H12O2.C4H10O.7CH4/c1-4-7(3)10-6-11-8(9)5-2;1-4-5(2)8-6(3)7;1-3-4(2)5;;;;;;;/h5,7H,2,4,6H2,1,3H3;5H,4H2,1-3H3;4-5H,3H2,1-2H3;7*1H4. The number of rotatable bonds is 8. The highest BCUT2D eigenvalue weighted by Gasteiger charge is 1.99. The van der Waals surface area contributed by atoms with E-state index in [0.29, 0.717) is 0 Å². The summed E-state index contributed by atoms with van der Waals surface area (Å²) in [5.41, 5.74) is 0. The van der Waals surface area contributed by atoms with Crippen molar-refractivity contribution in [1.82, 2.24) is 0 Å². The van der Waals surface area contributed by atoms with Gasteiger partial charge in [0.2, 0.25) is 0 Å². The molecule has 31 heavy (non-hydrogen) atoms. The summed E-state index contributed by atoms with van der Waals surface area (Å²) < 4.78 is 14.4. The smallest absolute Gasteiger partial charge is 0.332 e. The number of aliphatic hydroxyl groups excluding tert-OH is 1. The van der Waals surface area contributed by atoms with Crippen molar-refractivity contribution in [3.05, 3.63) is 12.7 Å². The van der Waals surface area contributed by atoms with Crippen molar-refractivity contribution >= 4 is 11.9 Å². The van der Waals surface area contributed by atoms with Gasteiger partial charge in [0.25, 0.3) is 0 Å². The van der Waals surface area contributed by atoms with Crippen LogP contribution in [-0.4, -0.2) is 42.1 Å². The lowest BCUT2D eigenvalue weighted by Crippen LogP contribution is -2.12. The largest absolute Gasteiger partial charge is 0.463 e. The number of ether oxygens (including phenoxy) is 3. The SMILES string of the molecule is C.C.C.C.C.C.C.C=CC(=O)OCOC(C)CC.CCC(C)O.CCC(C)OC(C)=O. The number of carbonyl (C=O) groups excluding carboxylic acids is 2. The van der Waals surface area contributed by atoms with Crippen LogP contribution in [0.3, 0.4) is 0 Å².